The summed E-state index contributed by atoms with van der Waals surface area (Å²) in [6.45, 7) is 0.703. The number of anilines is 1. The topological polar surface area (TPSA) is 66.5 Å². The van der Waals surface area contributed by atoms with Crippen LogP contribution >= 0.6 is 34.5 Å². The number of carbonyl (C=O) groups is 1. The molecular formula is C20H16Cl2N2O3S2. The number of benzene rings is 2. The molecule has 150 valence electrons. The van der Waals surface area contributed by atoms with E-state index in [9.17, 15) is 13.2 Å². The van der Waals surface area contributed by atoms with E-state index >= 15 is 0 Å². The van der Waals surface area contributed by atoms with E-state index in [2.05, 4.69) is 5.32 Å². The van der Waals surface area contributed by atoms with Crippen LogP contribution in [-0.2, 0) is 23.0 Å². The summed E-state index contributed by atoms with van der Waals surface area (Å²) in [6, 6.07) is 13.6. The van der Waals surface area contributed by atoms with E-state index < -0.39 is 10.0 Å². The largest absolute Gasteiger partial charge is 0.322 e. The number of thiophene rings is 1. The van der Waals surface area contributed by atoms with Crippen LogP contribution in [0.25, 0.3) is 0 Å². The van der Waals surface area contributed by atoms with Crippen LogP contribution in [0.1, 0.15) is 21.5 Å². The summed E-state index contributed by atoms with van der Waals surface area (Å²) in [4.78, 5) is 12.5. The van der Waals surface area contributed by atoms with Crippen LogP contribution in [0.15, 0.2) is 58.1 Å². The first kappa shape index (κ1) is 20.4. The Morgan fingerprint density at radius 3 is 2.59 bits per heavy atom. The maximum Gasteiger partial charge on any atom is 0.255 e. The molecule has 2 aromatic carbocycles. The summed E-state index contributed by atoms with van der Waals surface area (Å²) < 4.78 is 27.4. The van der Waals surface area contributed by atoms with Crippen molar-refractivity contribution in [2.45, 2.75) is 17.2 Å². The second-order valence-corrected chi connectivity index (χ2v) is 10.5. The highest BCUT2D eigenvalue weighted by Gasteiger charge is 2.29. The number of halogens is 2. The number of rotatable bonds is 4. The summed E-state index contributed by atoms with van der Waals surface area (Å²) in [5.74, 6) is -0.317. The maximum atomic E-state index is 12.8. The van der Waals surface area contributed by atoms with Crippen molar-refractivity contribution < 1.29 is 13.2 Å². The van der Waals surface area contributed by atoms with Gasteiger partial charge in [0.1, 0.15) is 4.21 Å². The summed E-state index contributed by atoms with van der Waals surface area (Å²) in [7, 11) is -3.51. The Bertz CT molecular complexity index is 1180. The number of nitrogens with one attached hydrogen (secondary N) is 1. The van der Waals surface area contributed by atoms with E-state index in [0.717, 1.165) is 11.1 Å². The zero-order chi connectivity index (χ0) is 20.6. The lowest BCUT2D eigenvalue weighted by atomic mass is 10.0. The van der Waals surface area contributed by atoms with Gasteiger partial charge in [-0.3, -0.25) is 4.79 Å². The highest BCUT2D eigenvalue weighted by Crippen LogP contribution is 2.29. The Kier molecular flexibility index (Phi) is 5.68. The zero-order valence-corrected chi connectivity index (χ0v) is 18.2. The van der Waals surface area contributed by atoms with Crippen molar-refractivity contribution in [1.29, 1.82) is 0 Å². The lowest BCUT2D eigenvalue weighted by molar-refractivity contribution is 0.102. The van der Waals surface area contributed by atoms with Crippen LogP contribution in [0.2, 0.25) is 10.0 Å². The molecule has 0 atom stereocenters. The van der Waals surface area contributed by atoms with E-state index in [0.29, 0.717) is 38.5 Å². The lowest BCUT2D eigenvalue weighted by Gasteiger charge is -2.28. The van der Waals surface area contributed by atoms with E-state index in [-0.39, 0.29) is 12.5 Å². The van der Waals surface area contributed by atoms with Crippen LogP contribution in [0, 0.1) is 0 Å². The summed E-state index contributed by atoms with van der Waals surface area (Å²) in [6.07, 6.45) is 0.626. The molecule has 4 rings (SSSR count). The summed E-state index contributed by atoms with van der Waals surface area (Å²) >= 11 is 13.1. The minimum Gasteiger partial charge on any atom is -0.322 e. The molecule has 0 unspecified atom stereocenters. The first-order valence-electron chi connectivity index (χ1n) is 8.76. The predicted molar refractivity (Wildman–Crippen MR) is 116 cm³/mol. The fourth-order valence-corrected chi connectivity index (χ4v) is 6.05. The normalized spacial score (nSPS) is 14.4. The average molecular weight is 467 g/mol. The molecule has 0 aliphatic carbocycles. The Balaban J connectivity index is 1.54. The van der Waals surface area contributed by atoms with Crippen molar-refractivity contribution in [3.05, 3.63) is 80.6 Å². The highest BCUT2D eigenvalue weighted by molar-refractivity contribution is 7.91. The van der Waals surface area contributed by atoms with Gasteiger partial charge in [-0.25, -0.2) is 8.42 Å². The molecule has 0 bridgehead atoms. The molecule has 3 aromatic rings. The Hall–Kier alpha value is -1.90. The smallest absolute Gasteiger partial charge is 0.255 e. The Labute approximate surface area is 182 Å². The number of fused-ring (bicyclic) bond motifs is 1. The van der Waals surface area contributed by atoms with Gasteiger partial charge in [-0.15, -0.1) is 11.3 Å². The zero-order valence-electron chi connectivity index (χ0n) is 15.1. The van der Waals surface area contributed by atoms with E-state index in [1.54, 1.807) is 29.6 Å². The van der Waals surface area contributed by atoms with Gasteiger partial charge in [0.25, 0.3) is 15.9 Å². The molecule has 1 aliphatic rings. The van der Waals surface area contributed by atoms with Gasteiger partial charge in [-0.2, -0.15) is 4.31 Å². The minimum atomic E-state index is -3.51. The first-order chi connectivity index (χ1) is 13.8. The molecule has 1 amide bonds. The molecule has 1 N–H and O–H groups in total. The van der Waals surface area contributed by atoms with Gasteiger partial charge in [-0.05, 0) is 59.3 Å². The monoisotopic (exact) mass is 466 g/mol. The second-order valence-electron chi connectivity index (χ2n) is 6.59. The Morgan fingerprint density at radius 2 is 1.86 bits per heavy atom. The molecule has 0 radical (unpaired) electrons. The number of hydrogen-bond acceptors (Lipinski definition) is 4. The van der Waals surface area contributed by atoms with Crippen LogP contribution in [0.4, 0.5) is 5.69 Å². The van der Waals surface area contributed by atoms with Crippen molar-refractivity contribution in [2.24, 2.45) is 0 Å². The van der Waals surface area contributed by atoms with Gasteiger partial charge in [0.05, 0.1) is 10.0 Å². The molecular weight excluding hydrogens is 451 g/mol. The van der Waals surface area contributed by atoms with Gasteiger partial charge >= 0.3 is 0 Å². The van der Waals surface area contributed by atoms with E-state index in [4.69, 9.17) is 23.2 Å². The predicted octanol–water partition coefficient (Wildman–Crippen LogP) is 5.05. The summed E-state index contributed by atoms with van der Waals surface area (Å²) in [5, 5.41) is 5.26. The van der Waals surface area contributed by atoms with Crippen LogP contribution in [0.3, 0.4) is 0 Å². The molecule has 5 nitrogen and oxygen atoms in total. The number of hydrogen-bond donors (Lipinski definition) is 1. The number of nitrogens with zero attached hydrogens (tertiary/aromatic N) is 1. The quantitative estimate of drug-likeness (QED) is 0.584. The average Bonchev–Trinajstić information content (AvgIpc) is 3.25. The van der Waals surface area contributed by atoms with Crippen molar-refractivity contribution in [3.63, 3.8) is 0 Å². The van der Waals surface area contributed by atoms with Gasteiger partial charge < -0.3 is 5.32 Å². The molecule has 29 heavy (non-hydrogen) atoms. The van der Waals surface area contributed by atoms with Gasteiger partial charge in [0, 0.05) is 24.3 Å². The number of carbonyl (C=O) groups excluding carboxylic acids is 1. The third kappa shape index (κ3) is 4.20. The molecule has 0 fully saturated rings. The van der Waals surface area contributed by atoms with Crippen LogP contribution in [0.5, 0.6) is 0 Å². The Morgan fingerprint density at radius 1 is 1.03 bits per heavy atom. The molecule has 1 aromatic heterocycles. The maximum absolute atomic E-state index is 12.8. The highest BCUT2D eigenvalue weighted by atomic mass is 35.5. The van der Waals surface area contributed by atoms with E-state index in [1.807, 2.05) is 18.2 Å². The molecule has 2 heterocycles. The standard InChI is InChI=1S/C20H16Cl2N2O3S2/c21-17-6-4-14(11-18(17)22)20(25)23-16-5-3-13-7-8-24(12-15(13)10-16)29(26,27)19-2-1-9-28-19/h1-6,9-11H,7-8,12H2,(H,23,25). The number of sulfonamides is 1. The third-order valence-corrected chi connectivity index (χ3v) is 8.67. The SMILES string of the molecule is O=C(Nc1ccc2c(c1)CN(S(=O)(=O)c1cccs1)CC2)c1ccc(Cl)c(Cl)c1. The fourth-order valence-electron chi connectivity index (χ4n) is 3.19. The first-order valence-corrected chi connectivity index (χ1v) is 11.8. The van der Waals surface area contributed by atoms with Crippen molar-refractivity contribution in [1.82, 2.24) is 4.31 Å². The van der Waals surface area contributed by atoms with E-state index in [1.165, 1.54) is 21.7 Å². The van der Waals surface area contributed by atoms with Gasteiger partial charge in [0.15, 0.2) is 0 Å². The fraction of sp³-hybridized carbons (Fsp3) is 0.150. The molecule has 1 aliphatic heterocycles. The number of amides is 1. The van der Waals surface area contributed by atoms with Crippen molar-refractivity contribution >= 4 is 56.2 Å². The summed E-state index contributed by atoms with van der Waals surface area (Å²) in [5.41, 5.74) is 2.94. The van der Waals surface area contributed by atoms with Crippen LogP contribution in [-0.4, -0.2) is 25.2 Å². The van der Waals surface area contributed by atoms with Gasteiger partial charge in [-0.1, -0.05) is 35.3 Å². The molecule has 0 saturated heterocycles. The van der Waals surface area contributed by atoms with Crippen molar-refractivity contribution in [3.8, 4) is 0 Å². The lowest BCUT2D eigenvalue weighted by Crippen LogP contribution is -2.35. The van der Waals surface area contributed by atoms with Crippen molar-refractivity contribution in [2.75, 3.05) is 11.9 Å². The minimum absolute atomic E-state index is 0.270. The molecule has 9 heteroatoms. The van der Waals surface area contributed by atoms with Gasteiger partial charge in [0.2, 0.25) is 0 Å². The molecule has 0 spiro atoms. The molecule has 0 saturated carbocycles. The van der Waals surface area contributed by atoms with Crippen LogP contribution < -0.4 is 5.32 Å². The third-order valence-electron chi connectivity index (χ3n) is 4.71. The second kappa shape index (κ2) is 8.08.